The third-order valence-corrected chi connectivity index (χ3v) is 9.22. The second-order valence-electron chi connectivity index (χ2n) is 10.5. The zero-order valence-electron chi connectivity index (χ0n) is 20.1. The van der Waals surface area contributed by atoms with Gasteiger partial charge in [-0.05, 0) is 97.8 Å². The number of hydrogen-bond acceptors (Lipinski definition) is 3. The average molecular weight is 514 g/mol. The van der Waals surface area contributed by atoms with Crippen molar-refractivity contribution in [1.29, 1.82) is 0 Å². The highest BCUT2D eigenvalue weighted by molar-refractivity contribution is 6.42. The van der Waals surface area contributed by atoms with Gasteiger partial charge in [-0.3, -0.25) is 4.79 Å². The van der Waals surface area contributed by atoms with E-state index >= 15 is 0 Å². The lowest BCUT2D eigenvalue weighted by Crippen LogP contribution is -2.47. The second-order valence-corrected chi connectivity index (χ2v) is 11.3. The highest BCUT2D eigenvalue weighted by atomic mass is 35.5. The molecular formula is C29H34Cl2N2O2. The Balaban J connectivity index is 1.07. The van der Waals surface area contributed by atoms with Crippen LogP contribution in [0.1, 0.15) is 48.8 Å². The van der Waals surface area contributed by atoms with Gasteiger partial charge in [-0.2, -0.15) is 0 Å². The first-order chi connectivity index (χ1) is 16.9. The van der Waals surface area contributed by atoms with Crippen LogP contribution in [0.2, 0.25) is 10.0 Å². The summed E-state index contributed by atoms with van der Waals surface area (Å²) in [6, 6.07) is 14.3. The molecular weight excluding hydrogens is 479 g/mol. The number of nitrogens with zero attached hydrogens (tertiary/aromatic N) is 2. The van der Waals surface area contributed by atoms with Gasteiger partial charge in [-0.1, -0.05) is 53.5 Å². The van der Waals surface area contributed by atoms with Crippen LogP contribution in [-0.4, -0.2) is 59.6 Å². The lowest BCUT2D eigenvalue weighted by atomic mass is 9.73. The number of hydrogen-bond donors (Lipinski definition) is 1. The minimum absolute atomic E-state index is 0.00202. The number of rotatable bonds is 5. The van der Waals surface area contributed by atoms with Crippen LogP contribution in [0, 0.1) is 5.92 Å². The Bertz CT molecular complexity index is 1090. The van der Waals surface area contributed by atoms with Gasteiger partial charge in [0.2, 0.25) is 5.91 Å². The number of carbonyl (C=O) groups is 1. The molecule has 4 nitrogen and oxygen atoms in total. The number of aryl methyl sites for hydroxylation is 1. The molecule has 5 rings (SSSR count). The zero-order chi connectivity index (χ0) is 24.4. The first-order valence-electron chi connectivity index (χ1n) is 12.8. The predicted molar refractivity (Wildman–Crippen MR) is 143 cm³/mol. The minimum Gasteiger partial charge on any atom is -0.392 e. The van der Waals surface area contributed by atoms with Crippen LogP contribution in [0.15, 0.2) is 48.5 Å². The minimum atomic E-state index is -0.330. The maximum absolute atomic E-state index is 12.6. The van der Waals surface area contributed by atoms with Crippen molar-refractivity contribution >= 4 is 35.2 Å². The molecule has 1 spiro atoms. The molecule has 2 aromatic carbocycles. The number of fused-ring (bicyclic) bond motifs is 2. The molecule has 2 aliphatic heterocycles. The first-order valence-corrected chi connectivity index (χ1v) is 13.6. The van der Waals surface area contributed by atoms with Crippen LogP contribution in [0.3, 0.4) is 0 Å². The summed E-state index contributed by atoms with van der Waals surface area (Å²) in [7, 11) is 0. The van der Waals surface area contributed by atoms with Gasteiger partial charge in [0.1, 0.15) is 0 Å². The Morgan fingerprint density at radius 1 is 1.03 bits per heavy atom. The van der Waals surface area contributed by atoms with Gasteiger partial charge in [0.15, 0.2) is 0 Å². The lowest BCUT2D eigenvalue weighted by Gasteiger charge is -2.42. The number of likely N-dealkylation sites (tertiary alicyclic amines) is 2. The van der Waals surface area contributed by atoms with Crippen molar-refractivity contribution in [2.75, 3.05) is 32.7 Å². The van der Waals surface area contributed by atoms with Crippen LogP contribution >= 0.6 is 23.2 Å². The molecule has 1 unspecified atom stereocenters. The van der Waals surface area contributed by atoms with E-state index in [2.05, 4.69) is 29.2 Å². The first kappa shape index (κ1) is 24.8. The summed E-state index contributed by atoms with van der Waals surface area (Å²) in [6.07, 6.45) is 9.59. The molecule has 1 atom stereocenters. The normalized spacial score (nSPS) is 21.5. The van der Waals surface area contributed by atoms with Crippen molar-refractivity contribution in [2.45, 2.75) is 50.0 Å². The molecule has 35 heavy (non-hydrogen) atoms. The van der Waals surface area contributed by atoms with E-state index < -0.39 is 0 Å². The molecule has 1 amide bonds. The third-order valence-electron chi connectivity index (χ3n) is 8.48. The summed E-state index contributed by atoms with van der Waals surface area (Å²) in [5.41, 5.74) is 4.32. The highest BCUT2D eigenvalue weighted by Crippen LogP contribution is 2.46. The van der Waals surface area contributed by atoms with Crippen molar-refractivity contribution in [3.8, 4) is 0 Å². The molecule has 0 saturated carbocycles. The van der Waals surface area contributed by atoms with E-state index in [9.17, 15) is 9.90 Å². The molecule has 2 aromatic rings. The molecule has 2 saturated heterocycles. The van der Waals surface area contributed by atoms with Crippen LogP contribution < -0.4 is 0 Å². The van der Waals surface area contributed by atoms with E-state index in [0.717, 1.165) is 38.0 Å². The van der Waals surface area contributed by atoms with E-state index in [1.807, 2.05) is 11.0 Å². The molecule has 2 heterocycles. The van der Waals surface area contributed by atoms with E-state index in [1.165, 1.54) is 31.2 Å². The highest BCUT2D eigenvalue weighted by Gasteiger charge is 2.41. The third kappa shape index (κ3) is 5.46. The van der Waals surface area contributed by atoms with E-state index in [1.54, 1.807) is 29.8 Å². The molecule has 2 fully saturated rings. The topological polar surface area (TPSA) is 43.8 Å². The molecule has 3 aliphatic rings. The molecule has 0 bridgehead atoms. The number of carbonyl (C=O) groups excluding carboxylic acids is 1. The van der Waals surface area contributed by atoms with Crippen LogP contribution in [0.25, 0.3) is 6.08 Å². The lowest BCUT2D eigenvalue weighted by molar-refractivity contribution is -0.128. The predicted octanol–water partition coefficient (Wildman–Crippen LogP) is 5.59. The Morgan fingerprint density at radius 2 is 1.77 bits per heavy atom. The number of benzene rings is 2. The standard InChI is InChI=1S/C29H34Cl2N2O2/c30-25-7-5-21(19-26(25)31)6-8-28(35)33-15-10-23(11-16-33)27(34)20-32-17-13-29(14-18-32)12-9-22-3-1-2-4-24(22)29/h1-8,19,23,27,34H,9-18,20H2. The fourth-order valence-electron chi connectivity index (χ4n) is 6.25. The number of aliphatic hydroxyl groups is 1. The van der Waals surface area contributed by atoms with Crippen molar-refractivity contribution in [2.24, 2.45) is 5.92 Å². The summed E-state index contributed by atoms with van der Waals surface area (Å²) in [6.45, 7) is 4.23. The van der Waals surface area contributed by atoms with E-state index in [4.69, 9.17) is 23.2 Å². The summed E-state index contributed by atoms with van der Waals surface area (Å²) in [5, 5.41) is 12.0. The average Bonchev–Trinajstić information content (AvgIpc) is 3.24. The Hall–Kier alpha value is -1.85. The summed E-state index contributed by atoms with van der Waals surface area (Å²) < 4.78 is 0. The fraction of sp³-hybridized carbons (Fsp3) is 0.483. The van der Waals surface area contributed by atoms with Gasteiger partial charge >= 0.3 is 0 Å². The van der Waals surface area contributed by atoms with Crippen LogP contribution in [0.4, 0.5) is 0 Å². The maximum Gasteiger partial charge on any atom is 0.246 e. The largest absolute Gasteiger partial charge is 0.392 e. The maximum atomic E-state index is 12.6. The van der Waals surface area contributed by atoms with Crippen molar-refractivity contribution in [3.63, 3.8) is 0 Å². The number of amides is 1. The van der Waals surface area contributed by atoms with Crippen LogP contribution in [0.5, 0.6) is 0 Å². The quantitative estimate of drug-likeness (QED) is 0.531. The molecule has 6 heteroatoms. The van der Waals surface area contributed by atoms with Crippen molar-refractivity contribution in [1.82, 2.24) is 9.80 Å². The number of piperidine rings is 2. The Morgan fingerprint density at radius 3 is 2.51 bits per heavy atom. The van der Waals surface area contributed by atoms with Gasteiger partial charge in [0, 0.05) is 25.7 Å². The smallest absolute Gasteiger partial charge is 0.246 e. The number of β-amino-alcohol motifs (C(OH)–C–C–N with tert-alkyl or cyclic N) is 1. The summed E-state index contributed by atoms with van der Waals surface area (Å²) >= 11 is 12.0. The SMILES string of the molecule is O=C(C=Cc1ccc(Cl)c(Cl)c1)N1CCC(C(O)CN2CCC3(CCc4ccccc43)CC2)CC1. The second kappa shape index (κ2) is 10.6. The monoisotopic (exact) mass is 512 g/mol. The molecule has 1 N–H and O–H groups in total. The van der Waals surface area contributed by atoms with Crippen molar-refractivity contribution in [3.05, 3.63) is 75.3 Å². The van der Waals surface area contributed by atoms with E-state index in [0.29, 0.717) is 28.5 Å². The number of halogens is 2. The zero-order valence-corrected chi connectivity index (χ0v) is 21.6. The van der Waals surface area contributed by atoms with Crippen molar-refractivity contribution < 1.29 is 9.90 Å². The van der Waals surface area contributed by atoms with E-state index in [-0.39, 0.29) is 17.9 Å². The van der Waals surface area contributed by atoms with Gasteiger partial charge < -0.3 is 14.9 Å². The fourth-order valence-corrected chi connectivity index (χ4v) is 6.56. The van der Waals surface area contributed by atoms with Gasteiger partial charge in [-0.25, -0.2) is 0 Å². The summed E-state index contributed by atoms with van der Waals surface area (Å²) in [5.74, 6) is 0.253. The molecule has 0 aromatic heterocycles. The van der Waals surface area contributed by atoms with Gasteiger partial charge in [-0.15, -0.1) is 0 Å². The molecule has 0 radical (unpaired) electrons. The summed E-state index contributed by atoms with van der Waals surface area (Å²) in [4.78, 5) is 17.0. The Labute approximate surface area is 218 Å². The van der Waals surface area contributed by atoms with Gasteiger partial charge in [0.25, 0.3) is 0 Å². The molecule has 1 aliphatic carbocycles. The van der Waals surface area contributed by atoms with Gasteiger partial charge in [0.05, 0.1) is 16.1 Å². The van der Waals surface area contributed by atoms with Crippen LogP contribution in [-0.2, 0) is 16.6 Å². The number of aliphatic hydroxyl groups excluding tert-OH is 1. The molecule has 186 valence electrons. The Kier molecular flexibility index (Phi) is 7.55.